The summed E-state index contributed by atoms with van der Waals surface area (Å²) in [7, 11) is 0. The highest BCUT2D eigenvalue weighted by Crippen LogP contribution is 2.17. The molecule has 0 bridgehead atoms. The van der Waals surface area contributed by atoms with Crippen molar-refractivity contribution in [2.24, 2.45) is 0 Å². The third kappa shape index (κ3) is 3.84. The Hall–Kier alpha value is -2.57. The smallest absolute Gasteiger partial charge is 0.374 e. The topological polar surface area (TPSA) is 77.6 Å². The first kappa shape index (κ1) is 16.3. The minimum atomic E-state index is -0.625. The molecule has 0 radical (unpaired) electrons. The van der Waals surface area contributed by atoms with Gasteiger partial charge in [-0.3, -0.25) is 9.48 Å². The highest BCUT2D eigenvalue weighted by molar-refractivity contribution is 5.88. The fourth-order valence-electron chi connectivity index (χ4n) is 2.88. The quantitative estimate of drug-likeness (QED) is 0.784. The first-order valence-corrected chi connectivity index (χ1v) is 8.16. The molecule has 1 atom stereocenters. The Bertz CT molecular complexity index is 693. The van der Waals surface area contributed by atoms with Crippen molar-refractivity contribution in [2.45, 2.75) is 38.8 Å². The van der Waals surface area contributed by atoms with Crippen LogP contribution >= 0.6 is 0 Å². The van der Waals surface area contributed by atoms with Crippen molar-refractivity contribution >= 4 is 11.9 Å². The van der Waals surface area contributed by atoms with Crippen LogP contribution in [0, 0.1) is 0 Å². The van der Waals surface area contributed by atoms with Gasteiger partial charge in [-0.05, 0) is 44.4 Å². The lowest BCUT2D eigenvalue weighted by atomic mass is 10.0. The van der Waals surface area contributed by atoms with Gasteiger partial charge in [-0.25, -0.2) is 4.79 Å². The summed E-state index contributed by atoms with van der Waals surface area (Å²) in [4.78, 5) is 26.0. The predicted molar refractivity (Wildman–Crippen MR) is 85.3 cm³/mol. The number of piperidine rings is 1. The van der Waals surface area contributed by atoms with Crippen LogP contribution in [0.2, 0.25) is 0 Å². The van der Waals surface area contributed by atoms with E-state index in [-0.39, 0.29) is 24.3 Å². The van der Waals surface area contributed by atoms with Crippen LogP contribution in [0.25, 0.3) is 0 Å². The molecule has 1 fully saturated rings. The summed E-state index contributed by atoms with van der Waals surface area (Å²) in [5.41, 5.74) is 0. The number of esters is 1. The van der Waals surface area contributed by atoms with E-state index in [1.165, 1.54) is 0 Å². The number of ether oxygens (including phenoxy) is 1. The Balaban J connectivity index is 1.51. The highest BCUT2D eigenvalue weighted by atomic mass is 16.5. The first-order chi connectivity index (χ1) is 11.6. The van der Waals surface area contributed by atoms with Crippen LogP contribution in [0.5, 0.6) is 0 Å². The van der Waals surface area contributed by atoms with Gasteiger partial charge in [0.2, 0.25) is 5.76 Å². The number of hydrogen-bond donors (Lipinski definition) is 0. The zero-order valence-corrected chi connectivity index (χ0v) is 13.7. The molecule has 0 saturated carbocycles. The number of rotatable bonds is 5. The van der Waals surface area contributed by atoms with Crippen molar-refractivity contribution in [3.63, 3.8) is 0 Å². The van der Waals surface area contributed by atoms with Crippen LogP contribution in [0.1, 0.15) is 42.5 Å². The Kier molecular flexibility index (Phi) is 4.98. The Labute approximate surface area is 140 Å². The second-order valence-electron chi connectivity index (χ2n) is 5.98. The molecule has 128 valence electrons. The van der Waals surface area contributed by atoms with E-state index in [2.05, 4.69) is 5.10 Å². The molecule has 1 saturated heterocycles. The third-order valence-corrected chi connectivity index (χ3v) is 4.19. The lowest BCUT2D eigenvalue weighted by Gasteiger charge is -2.33. The van der Waals surface area contributed by atoms with Crippen LogP contribution < -0.4 is 0 Å². The molecule has 2 aromatic heterocycles. The molecule has 0 aromatic carbocycles. The molecule has 0 N–H and O–H groups in total. The summed E-state index contributed by atoms with van der Waals surface area (Å²) in [6.07, 6.45) is 6.61. The van der Waals surface area contributed by atoms with Crippen molar-refractivity contribution in [3.05, 3.63) is 42.1 Å². The van der Waals surface area contributed by atoms with E-state index in [4.69, 9.17) is 9.15 Å². The zero-order valence-electron chi connectivity index (χ0n) is 13.7. The van der Waals surface area contributed by atoms with Crippen LogP contribution in [0.15, 0.2) is 35.0 Å². The number of carbonyl (C=O) groups is 2. The zero-order chi connectivity index (χ0) is 16.9. The van der Waals surface area contributed by atoms with Gasteiger partial charge in [0.25, 0.3) is 5.91 Å². The normalized spacial score (nSPS) is 17.7. The van der Waals surface area contributed by atoms with Crippen molar-refractivity contribution in [2.75, 3.05) is 13.2 Å². The van der Waals surface area contributed by atoms with E-state index >= 15 is 0 Å². The molecule has 24 heavy (non-hydrogen) atoms. The van der Waals surface area contributed by atoms with Gasteiger partial charge in [0.05, 0.1) is 6.54 Å². The SMILES string of the molecule is CC1CCCCN1C(=O)COC(=O)c1ccc(Cn2cccn2)o1. The molecule has 3 rings (SSSR count). The van der Waals surface area contributed by atoms with E-state index in [0.717, 1.165) is 25.8 Å². The molecular formula is C17H21N3O4. The number of amides is 1. The van der Waals surface area contributed by atoms with Crippen LogP contribution in [-0.4, -0.2) is 45.8 Å². The van der Waals surface area contributed by atoms with Gasteiger partial charge in [-0.2, -0.15) is 5.10 Å². The molecule has 1 amide bonds. The summed E-state index contributed by atoms with van der Waals surface area (Å²) in [5, 5.41) is 4.07. The molecule has 0 spiro atoms. The van der Waals surface area contributed by atoms with Gasteiger partial charge in [0, 0.05) is 25.0 Å². The second kappa shape index (κ2) is 7.33. The predicted octanol–water partition coefficient (Wildman–Crippen LogP) is 2.08. The largest absolute Gasteiger partial charge is 0.452 e. The molecule has 1 unspecified atom stereocenters. The summed E-state index contributed by atoms with van der Waals surface area (Å²) >= 11 is 0. The van der Waals surface area contributed by atoms with Crippen LogP contribution in [0.3, 0.4) is 0 Å². The summed E-state index contributed by atoms with van der Waals surface area (Å²) in [5.74, 6) is -0.0862. The van der Waals surface area contributed by atoms with Gasteiger partial charge in [-0.1, -0.05) is 0 Å². The van der Waals surface area contributed by atoms with Crippen molar-refractivity contribution in [3.8, 4) is 0 Å². The van der Waals surface area contributed by atoms with Crippen molar-refractivity contribution in [1.29, 1.82) is 0 Å². The first-order valence-electron chi connectivity index (χ1n) is 8.16. The van der Waals surface area contributed by atoms with E-state index in [0.29, 0.717) is 12.3 Å². The molecule has 7 heteroatoms. The minimum absolute atomic E-state index is 0.0941. The molecule has 7 nitrogen and oxygen atoms in total. The standard InChI is InChI=1S/C17H21N3O4/c1-13-5-2-3-10-20(13)16(21)12-23-17(22)15-7-6-14(24-15)11-19-9-4-8-18-19/h4,6-9,13H,2-3,5,10-12H2,1H3. The highest BCUT2D eigenvalue weighted by Gasteiger charge is 2.24. The number of nitrogens with zero attached hydrogens (tertiary/aromatic N) is 3. The van der Waals surface area contributed by atoms with Crippen LogP contribution in [-0.2, 0) is 16.1 Å². The number of aromatic nitrogens is 2. The second-order valence-corrected chi connectivity index (χ2v) is 5.98. The Morgan fingerprint density at radius 2 is 2.25 bits per heavy atom. The summed E-state index contributed by atoms with van der Waals surface area (Å²) in [6, 6.07) is 5.27. The summed E-state index contributed by atoms with van der Waals surface area (Å²) < 4.78 is 12.2. The van der Waals surface area contributed by atoms with E-state index in [1.54, 1.807) is 34.1 Å². The maximum absolute atomic E-state index is 12.2. The third-order valence-electron chi connectivity index (χ3n) is 4.19. The van der Waals surface area contributed by atoms with Gasteiger partial charge in [0.1, 0.15) is 5.76 Å². The fraction of sp³-hybridized carbons (Fsp3) is 0.471. The fourth-order valence-corrected chi connectivity index (χ4v) is 2.88. The Morgan fingerprint density at radius 1 is 1.38 bits per heavy atom. The number of likely N-dealkylation sites (tertiary alicyclic amines) is 1. The monoisotopic (exact) mass is 331 g/mol. The molecule has 0 aliphatic carbocycles. The molecule has 3 heterocycles. The van der Waals surface area contributed by atoms with Gasteiger partial charge >= 0.3 is 5.97 Å². The Morgan fingerprint density at radius 3 is 3.00 bits per heavy atom. The molecule has 1 aliphatic heterocycles. The number of hydrogen-bond acceptors (Lipinski definition) is 5. The van der Waals surface area contributed by atoms with E-state index < -0.39 is 5.97 Å². The molecule has 2 aromatic rings. The lowest BCUT2D eigenvalue weighted by molar-refractivity contribution is -0.137. The average Bonchev–Trinajstić information content (AvgIpc) is 3.25. The van der Waals surface area contributed by atoms with Gasteiger partial charge < -0.3 is 14.1 Å². The number of furan rings is 1. The van der Waals surface area contributed by atoms with E-state index in [9.17, 15) is 9.59 Å². The van der Waals surface area contributed by atoms with Crippen molar-refractivity contribution in [1.82, 2.24) is 14.7 Å². The van der Waals surface area contributed by atoms with E-state index in [1.807, 2.05) is 13.0 Å². The van der Waals surface area contributed by atoms with Gasteiger partial charge in [-0.15, -0.1) is 0 Å². The lowest BCUT2D eigenvalue weighted by Crippen LogP contribution is -2.44. The van der Waals surface area contributed by atoms with Gasteiger partial charge in [0.15, 0.2) is 6.61 Å². The average molecular weight is 331 g/mol. The number of carbonyl (C=O) groups excluding carboxylic acids is 2. The van der Waals surface area contributed by atoms with Crippen LogP contribution in [0.4, 0.5) is 0 Å². The summed E-state index contributed by atoms with van der Waals surface area (Å²) in [6.45, 7) is 2.93. The molecular weight excluding hydrogens is 310 g/mol. The molecule has 1 aliphatic rings. The maximum atomic E-state index is 12.2. The van der Waals surface area contributed by atoms with Crippen molar-refractivity contribution < 1.29 is 18.7 Å². The minimum Gasteiger partial charge on any atom is -0.452 e. The maximum Gasteiger partial charge on any atom is 0.374 e.